The topological polar surface area (TPSA) is 29.9 Å². The predicted octanol–water partition coefficient (Wildman–Crippen LogP) is 4.47. The summed E-state index contributed by atoms with van der Waals surface area (Å²) >= 11 is 0. The maximum atomic E-state index is 13.1. The molecule has 4 heteroatoms. The first-order chi connectivity index (χ1) is 12.3. The van der Waals surface area contributed by atoms with Crippen molar-refractivity contribution in [2.75, 3.05) is 13.6 Å². The zero-order valence-corrected chi connectivity index (χ0v) is 14.3. The molecule has 0 bridgehead atoms. The van der Waals surface area contributed by atoms with Crippen molar-refractivity contribution in [1.29, 1.82) is 0 Å². The number of imidazole rings is 1. The summed E-state index contributed by atoms with van der Waals surface area (Å²) in [5, 5.41) is 3.17. The van der Waals surface area contributed by atoms with Gasteiger partial charge in [0.1, 0.15) is 5.82 Å². The summed E-state index contributed by atoms with van der Waals surface area (Å²) in [6.07, 6.45) is 6.97. The van der Waals surface area contributed by atoms with Gasteiger partial charge in [-0.2, -0.15) is 0 Å². The second-order valence-electron chi connectivity index (χ2n) is 5.88. The third kappa shape index (κ3) is 4.43. The third-order valence-electron chi connectivity index (χ3n) is 4.05. The molecule has 128 valence electrons. The number of benzene rings is 2. The fourth-order valence-electron chi connectivity index (χ4n) is 2.74. The molecule has 0 aliphatic heterocycles. The van der Waals surface area contributed by atoms with Crippen LogP contribution in [-0.4, -0.2) is 23.1 Å². The van der Waals surface area contributed by atoms with Crippen molar-refractivity contribution < 1.29 is 4.39 Å². The van der Waals surface area contributed by atoms with Crippen molar-refractivity contribution in [3.8, 4) is 11.3 Å². The SMILES string of the molecule is CNCCCn1cnc(-c2ccccc2)c1/C=C/c1ccc(F)cc1. The summed E-state index contributed by atoms with van der Waals surface area (Å²) in [7, 11) is 1.96. The molecular weight excluding hydrogens is 313 g/mol. The molecule has 1 heterocycles. The first-order valence-corrected chi connectivity index (χ1v) is 8.47. The zero-order valence-electron chi connectivity index (χ0n) is 14.3. The highest BCUT2D eigenvalue weighted by atomic mass is 19.1. The van der Waals surface area contributed by atoms with E-state index in [1.807, 2.05) is 37.7 Å². The van der Waals surface area contributed by atoms with E-state index in [4.69, 9.17) is 0 Å². The fraction of sp³-hybridized carbons (Fsp3) is 0.190. The standard InChI is InChI=1S/C21H22FN3/c1-23-14-5-15-25-16-24-21(18-6-3-2-4-7-18)20(25)13-10-17-8-11-19(22)12-9-17/h2-4,6-13,16,23H,5,14-15H2,1H3/b13-10+. The average Bonchev–Trinajstić information content (AvgIpc) is 3.05. The lowest BCUT2D eigenvalue weighted by molar-refractivity contribution is 0.610. The molecule has 0 spiro atoms. The van der Waals surface area contributed by atoms with E-state index < -0.39 is 0 Å². The molecule has 0 radical (unpaired) electrons. The van der Waals surface area contributed by atoms with Gasteiger partial charge in [0.25, 0.3) is 0 Å². The van der Waals surface area contributed by atoms with Crippen LogP contribution in [0.5, 0.6) is 0 Å². The summed E-state index contributed by atoms with van der Waals surface area (Å²) in [4.78, 5) is 4.62. The van der Waals surface area contributed by atoms with Crippen LogP contribution in [0.3, 0.4) is 0 Å². The third-order valence-corrected chi connectivity index (χ3v) is 4.05. The Kier molecular flexibility index (Phi) is 5.75. The van der Waals surface area contributed by atoms with Gasteiger partial charge in [0.05, 0.1) is 17.7 Å². The molecular formula is C21H22FN3. The van der Waals surface area contributed by atoms with E-state index >= 15 is 0 Å². The first-order valence-electron chi connectivity index (χ1n) is 8.47. The van der Waals surface area contributed by atoms with Crippen LogP contribution >= 0.6 is 0 Å². The number of rotatable bonds is 7. The van der Waals surface area contributed by atoms with Gasteiger partial charge in [-0.1, -0.05) is 48.5 Å². The van der Waals surface area contributed by atoms with Crippen LogP contribution in [0.2, 0.25) is 0 Å². The fourth-order valence-corrected chi connectivity index (χ4v) is 2.74. The summed E-state index contributed by atoms with van der Waals surface area (Å²) < 4.78 is 15.2. The van der Waals surface area contributed by atoms with Crippen molar-refractivity contribution in [2.45, 2.75) is 13.0 Å². The molecule has 3 aromatic rings. The highest BCUT2D eigenvalue weighted by Crippen LogP contribution is 2.24. The minimum Gasteiger partial charge on any atom is -0.331 e. The Labute approximate surface area is 147 Å². The van der Waals surface area contributed by atoms with Gasteiger partial charge in [0.2, 0.25) is 0 Å². The number of aromatic nitrogens is 2. The van der Waals surface area contributed by atoms with Crippen molar-refractivity contribution in [3.05, 3.63) is 78.0 Å². The first kappa shape index (κ1) is 17.1. The molecule has 0 atom stereocenters. The Balaban J connectivity index is 1.92. The van der Waals surface area contributed by atoms with Gasteiger partial charge >= 0.3 is 0 Å². The van der Waals surface area contributed by atoms with Crippen LogP contribution in [0.4, 0.5) is 4.39 Å². The van der Waals surface area contributed by atoms with E-state index in [0.29, 0.717) is 0 Å². The summed E-state index contributed by atoms with van der Waals surface area (Å²) in [5.41, 5.74) is 4.08. The zero-order chi connectivity index (χ0) is 17.5. The monoisotopic (exact) mass is 335 g/mol. The molecule has 3 nitrogen and oxygen atoms in total. The minimum absolute atomic E-state index is 0.223. The van der Waals surface area contributed by atoms with E-state index in [0.717, 1.165) is 42.0 Å². The molecule has 25 heavy (non-hydrogen) atoms. The maximum absolute atomic E-state index is 13.1. The van der Waals surface area contributed by atoms with Crippen LogP contribution in [0.25, 0.3) is 23.4 Å². The van der Waals surface area contributed by atoms with Crippen LogP contribution < -0.4 is 5.32 Å². The van der Waals surface area contributed by atoms with Crippen molar-refractivity contribution in [1.82, 2.24) is 14.9 Å². The number of aryl methyl sites for hydroxylation is 1. The Morgan fingerprint density at radius 3 is 2.52 bits per heavy atom. The number of hydrogen-bond acceptors (Lipinski definition) is 2. The van der Waals surface area contributed by atoms with Gasteiger partial charge in [-0.25, -0.2) is 9.37 Å². The molecule has 1 N–H and O–H groups in total. The Morgan fingerprint density at radius 1 is 1.04 bits per heavy atom. The highest BCUT2D eigenvalue weighted by Gasteiger charge is 2.10. The summed E-state index contributed by atoms with van der Waals surface area (Å²) in [6.45, 7) is 1.85. The van der Waals surface area contributed by atoms with Gasteiger partial charge in [-0.15, -0.1) is 0 Å². The lowest BCUT2D eigenvalue weighted by atomic mass is 10.1. The molecule has 0 aliphatic carbocycles. The Morgan fingerprint density at radius 2 is 1.80 bits per heavy atom. The van der Waals surface area contributed by atoms with Crippen LogP contribution in [0, 0.1) is 5.82 Å². The number of halogens is 1. The second kappa shape index (κ2) is 8.40. The second-order valence-corrected chi connectivity index (χ2v) is 5.88. The highest BCUT2D eigenvalue weighted by molar-refractivity contribution is 5.77. The maximum Gasteiger partial charge on any atom is 0.123 e. The van der Waals surface area contributed by atoms with Crippen molar-refractivity contribution in [2.24, 2.45) is 0 Å². The smallest absolute Gasteiger partial charge is 0.123 e. The molecule has 0 aliphatic rings. The predicted molar refractivity (Wildman–Crippen MR) is 102 cm³/mol. The quantitative estimate of drug-likeness (QED) is 0.646. The number of nitrogens with one attached hydrogen (secondary N) is 1. The van der Waals surface area contributed by atoms with E-state index in [1.54, 1.807) is 12.1 Å². The molecule has 0 saturated heterocycles. The van der Waals surface area contributed by atoms with E-state index in [1.165, 1.54) is 12.1 Å². The van der Waals surface area contributed by atoms with Gasteiger partial charge in [0.15, 0.2) is 0 Å². The van der Waals surface area contributed by atoms with E-state index in [-0.39, 0.29) is 5.82 Å². The van der Waals surface area contributed by atoms with E-state index in [9.17, 15) is 4.39 Å². The minimum atomic E-state index is -0.223. The molecule has 0 unspecified atom stereocenters. The molecule has 1 aromatic heterocycles. The molecule has 0 saturated carbocycles. The molecule has 2 aromatic carbocycles. The molecule has 3 rings (SSSR count). The normalized spacial score (nSPS) is 11.3. The number of nitrogens with zero attached hydrogens (tertiary/aromatic N) is 2. The van der Waals surface area contributed by atoms with Gasteiger partial charge in [-0.05, 0) is 43.8 Å². The van der Waals surface area contributed by atoms with Gasteiger partial charge in [0, 0.05) is 12.1 Å². The molecule has 0 fully saturated rings. The average molecular weight is 335 g/mol. The largest absolute Gasteiger partial charge is 0.331 e. The number of hydrogen-bond donors (Lipinski definition) is 1. The Hall–Kier alpha value is -2.72. The lowest BCUT2D eigenvalue weighted by Crippen LogP contribution is -2.11. The molecule has 0 amide bonds. The van der Waals surface area contributed by atoms with E-state index in [2.05, 4.69) is 33.1 Å². The Bertz CT molecular complexity index is 820. The van der Waals surface area contributed by atoms with Crippen LogP contribution in [0.15, 0.2) is 60.9 Å². The van der Waals surface area contributed by atoms with Crippen LogP contribution in [0.1, 0.15) is 17.7 Å². The summed E-state index contributed by atoms with van der Waals surface area (Å²) in [5.74, 6) is -0.223. The summed E-state index contributed by atoms with van der Waals surface area (Å²) in [6, 6.07) is 16.7. The van der Waals surface area contributed by atoms with Gasteiger partial charge < -0.3 is 9.88 Å². The van der Waals surface area contributed by atoms with Crippen molar-refractivity contribution in [3.63, 3.8) is 0 Å². The van der Waals surface area contributed by atoms with Gasteiger partial charge in [-0.3, -0.25) is 0 Å². The lowest BCUT2D eigenvalue weighted by Gasteiger charge is -2.07. The van der Waals surface area contributed by atoms with Crippen LogP contribution in [-0.2, 0) is 6.54 Å². The van der Waals surface area contributed by atoms with Crippen molar-refractivity contribution >= 4 is 12.2 Å².